The van der Waals surface area contributed by atoms with Crippen LogP contribution in [0.25, 0.3) is 0 Å². The largest absolute Gasteiger partial charge is 0.470 e. The molecule has 11 heavy (non-hydrogen) atoms. The molecule has 1 aromatic rings. The molecule has 0 aromatic carbocycles. The Kier molecular flexibility index (Phi) is 2.54. The van der Waals surface area contributed by atoms with Crippen molar-refractivity contribution in [2.24, 2.45) is 0 Å². The van der Waals surface area contributed by atoms with Crippen molar-refractivity contribution < 1.29 is 9.21 Å². The fourth-order valence-electron chi connectivity index (χ4n) is 0.814. The third-order valence-corrected chi connectivity index (χ3v) is 1.39. The summed E-state index contributed by atoms with van der Waals surface area (Å²) >= 11 is 0. The monoisotopic (exact) mass is 154 g/mol. The van der Waals surface area contributed by atoms with E-state index >= 15 is 0 Å². The minimum atomic E-state index is 0.576. The zero-order valence-electron chi connectivity index (χ0n) is 6.26. The van der Waals surface area contributed by atoms with Crippen molar-refractivity contribution in [3.63, 3.8) is 0 Å². The van der Waals surface area contributed by atoms with Crippen LogP contribution >= 0.6 is 0 Å². The van der Waals surface area contributed by atoms with Gasteiger partial charge in [-0.15, -0.1) is 0 Å². The molecule has 1 amide bonds. The van der Waals surface area contributed by atoms with Gasteiger partial charge < -0.3 is 4.42 Å². The molecule has 0 aliphatic rings. The molecule has 0 bridgehead atoms. The summed E-state index contributed by atoms with van der Waals surface area (Å²) in [7, 11) is 0. The van der Waals surface area contributed by atoms with Crippen molar-refractivity contribution in [2.45, 2.75) is 13.3 Å². The minimum Gasteiger partial charge on any atom is -0.470 e. The van der Waals surface area contributed by atoms with E-state index in [2.05, 4.69) is 10.9 Å². The summed E-state index contributed by atoms with van der Waals surface area (Å²) in [5.74, 6) is 0. The second kappa shape index (κ2) is 3.65. The van der Waals surface area contributed by atoms with Crippen LogP contribution in [0.1, 0.15) is 12.5 Å². The number of hydrogen-bond acceptors (Lipinski definition) is 3. The predicted molar refractivity (Wildman–Crippen MR) is 40.9 cm³/mol. The molecule has 0 spiro atoms. The van der Waals surface area contributed by atoms with Crippen molar-refractivity contribution >= 4 is 12.1 Å². The number of nitrogens with one attached hydrogen (secondary N) is 2. The Morgan fingerprint density at radius 2 is 2.45 bits per heavy atom. The third kappa shape index (κ3) is 1.73. The topological polar surface area (TPSA) is 54.3 Å². The van der Waals surface area contributed by atoms with E-state index in [1.165, 1.54) is 0 Å². The Morgan fingerprint density at radius 1 is 1.64 bits per heavy atom. The molecule has 2 N–H and O–H groups in total. The highest BCUT2D eigenvalue weighted by Crippen LogP contribution is 2.15. The van der Waals surface area contributed by atoms with Gasteiger partial charge >= 0.3 is 0 Å². The molecule has 1 aromatic heterocycles. The average molecular weight is 154 g/mol. The maximum atomic E-state index is 9.90. The van der Waals surface area contributed by atoms with Gasteiger partial charge in [-0.05, 0) is 6.42 Å². The van der Waals surface area contributed by atoms with E-state index < -0.39 is 0 Å². The Labute approximate surface area is 64.6 Å². The zero-order chi connectivity index (χ0) is 8.10. The third-order valence-electron chi connectivity index (χ3n) is 1.39. The van der Waals surface area contributed by atoms with Gasteiger partial charge in [0.2, 0.25) is 6.41 Å². The van der Waals surface area contributed by atoms with E-state index in [1.54, 1.807) is 12.5 Å². The standard InChI is InChI=1S/C7H10N2O2/c1-2-6-3-11-4-7(6)9-8-5-10/h3-5,9H,2H2,1H3,(H,8,10). The summed E-state index contributed by atoms with van der Waals surface area (Å²) in [6, 6.07) is 0. The summed E-state index contributed by atoms with van der Waals surface area (Å²) in [5, 5.41) is 0. The molecule has 0 aliphatic carbocycles. The van der Waals surface area contributed by atoms with E-state index in [0.717, 1.165) is 17.7 Å². The molecule has 1 heterocycles. The molecule has 0 atom stereocenters. The molecule has 0 radical (unpaired) electrons. The molecule has 1 rings (SSSR count). The van der Waals surface area contributed by atoms with Crippen LogP contribution in [0.4, 0.5) is 5.69 Å². The summed E-state index contributed by atoms with van der Waals surface area (Å²) in [5.41, 5.74) is 6.86. The van der Waals surface area contributed by atoms with Gasteiger partial charge in [0.15, 0.2) is 0 Å². The first kappa shape index (κ1) is 7.65. The Bertz CT molecular complexity index is 232. The van der Waals surface area contributed by atoms with Gasteiger partial charge in [-0.1, -0.05) is 6.92 Å². The summed E-state index contributed by atoms with van der Waals surface area (Å²) in [4.78, 5) is 9.90. The first-order valence-corrected chi connectivity index (χ1v) is 3.38. The lowest BCUT2D eigenvalue weighted by Gasteiger charge is -2.00. The first-order valence-electron chi connectivity index (χ1n) is 3.38. The van der Waals surface area contributed by atoms with Crippen molar-refractivity contribution in [1.29, 1.82) is 0 Å². The van der Waals surface area contributed by atoms with E-state index in [0.29, 0.717) is 6.41 Å². The van der Waals surface area contributed by atoms with E-state index in [9.17, 15) is 4.79 Å². The molecular weight excluding hydrogens is 144 g/mol. The maximum Gasteiger partial charge on any atom is 0.225 e. The lowest BCUT2D eigenvalue weighted by Crippen LogP contribution is -2.19. The lowest BCUT2D eigenvalue weighted by atomic mass is 10.2. The number of hydrazine groups is 1. The number of aryl methyl sites for hydroxylation is 1. The highest BCUT2D eigenvalue weighted by Gasteiger charge is 2.00. The number of amides is 1. The molecule has 4 heteroatoms. The minimum absolute atomic E-state index is 0.576. The quantitative estimate of drug-likeness (QED) is 0.500. The van der Waals surface area contributed by atoms with E-state index in [1.807, 2.05) is 6.92 Å². The zero-order valence-corrected chi connectivity index (χ0v) is 6.26. The van der Waals surface area contributed by atoms with Gasteiger partial charge in [-0.2, -0.15) is 0 Å². The summed E-state index contributed by atoms with van der Waals surface area (Å²) < 4.78 is 4.92. The molecule has 60 valence electrons. The highest BCUT2D eigenvalue weighted by atomic mass is 16.3. The number of furan rings is 1. The fraction of sp³-hybridized carbons (Fsp3) is 0.286. The molecule has 0 fully saturated rings. The Balaban J connectivity index is 2.60. The van der Waals surface area contributed by atoms with Gasteiger partial charge in [0.25, 0.3) is 0 Å². The van der Waals surface area contributed by atoms with Gasteiger partial charge in [-0.3, -0.25) is 15.6 Å². The molecule has 0 saturated heterocycles. The second-order valence-electron chi connectivity index (χ2n) is 2.05. The van der Waals surface area contributed by atoms with Crippen LogP contribution in [0.5, 0.6) is 0 Å². The average Bonchev–Trinajstić information content (AvgIpc) is 2.47. The Hall–Kier alpha value is -1.45. The SMILES string of the molecule is CCc1cocc1NNC=O. The van der Waals surface area contributed by atoms with E-state index in [4.69, 9.17) is 4.42 Å². The van der Waals surface area contributed by atoms with Gasteiger partial charge in [-0.25, -0.2) is 0 Å². The molecule has 4 nitrogen and oxygen atoms in total. The number of anilines is 1. The van der Waals surface area contributed by atoms with Crippen molar-refractivity contribution in [2.75, 3.05) is 5.43 Å². The predicted octanol–water partition coefficient (Wildman–Crippen LogP) is 0.915. The summed E-state index contributed by atoms with van der Waals surface area (Å²) in [6.07, 6.45) is 4.65. The summed E-state index contributed by atoms with van der Waals surface area (Å²) in [6.45, 7) is 2.01. The first-order chi connectivity index (χ1) is 5.38. The normalized spacial score (nSPS) is 9.18. The highest BCUT2D eigenvalue weighted by molar-refractivity contribution is 5.54. The van der Waals surface area contributed by atoms with Crippen LogP contribution < -0.4 is 10.9 Å². The number of carbonyl (C=O) groups excluding carboxylic acids is 1. The van der Waals surface area contributed by atoms with Gasteiger partial charge in [0.05, 0.1) is 12.0 Å². The maximum absolute atomic E-state index is 9.90. The van der Waals surface area contributed by atoms with Crippen molar-refractivity contribution in [1.82, 2.24) is 5.43 Å². The van der Waals surface area contributed by atoms with Crippen LogP contribution in [0.2, 0.25) is 0 Å². The van der Waals surface area contributed by atoms with Crippen LogP contribution in [0.3, 0.4) is 0 Å². The lowest BCUT2D eigenvalue weighted by molar-refractivity contribution is -0.109. The van der Waals surface area contributed by atoms with Crippen LogP contribution in [-0.4, -0.2) is 6.41 Å². The molecule has 0 unspecified atom stereocenters. The van der Waals surface area contributed by atoms with Gasteiger partial charge in [0, 0.05) is 5.56 Å². The van der Waals surface area contributed by atoms with Crippen LogP contribution in [0, 0.1) is 0 Å². The Morgan fingerprint density at radius 3 is 3.09 bits per heavy atom. The molecule has 0 saturated carbocycles. The molecular formula is C7H10N2O2. The van der Waals surface area contributed by atoms with Gasteiger partial charge in [0.1, 0.15) is 6.26 Å². The number of carbonyl (C=O) groups is 1. The smallest absolute Gasteiger partial charge is 0.225 e. The molecule has 0 aliphatic heterocycles. The van der Waals surface area contributed by atoms with Crippen molar-refractivity contribution in [3.05, 3.63) is 18.1 Å². The van der Waals surface area contributed by atoms with Crippen molar-refractivity contribution in [3.8, 4) is 0 Å². The fourth-order valence-corrected chi connectivity index (χ4v) is 0.814. The number of hydrogen-bond donors (Lipinski definition) is 2. The van der Waals surface area contributed by atoms with Crippen LogP contribution in [-0.2, 0) is 11.2 Å². The number of rotatable bonds is 4. The van der Waals surface area contributed by atoms with E-state index in [-0.39, 0.29) is 0 Å². The van der Waals surface area contributed by atoms with Crippen LogP contribution in [0.15, 0.2) is 16.9 Å². The second-order valence-corrected chi connectivity index (χ2v) is 2.05.